The molecule has 0 atom stereocenters. The number of nitrogens with zero attached hydrogens (tertiary/aromatic N) is 2. The first-order valence-electron chi connectivity index (χ1n) is 5.43. The third kappa shape index (κ3) is 2.23. The first-order chi connectivity index (χ1) is 7.28. The molecule has 0 bridgehead atoms. The fraction of sp³-hybridized carbons (Fsp3) is 0.636. The van der Waals surface area contributed by atoms with Crippen LogP contribution in [0.5, 0.6) is 0 Å². The number of alkyl halides is 1. The Kier molecular flexibility index (Phi) is 3.10. The second kappa shape index (κ2) is 4.35. The minimum Gasteiger partial charge on any atom is -0.363 e. The number of halogens is 1. The largest absolute Gasteiger partial charge is 0.363 e. The van der Waals surface area contributed by atoms with E-state index in [0.29, 0.717) is 5.88 Å². The van der Waals surface area contributed by atoms with E-state index >= 15 is 0 Å². The molecule has 0 amide bonds. The van der Waals surface area contributed by atoms with Crippen LogP contribution in [0.4, 0.5) is 5.82 Å². The lowest BCUT2D eigenvalue weighted by atomic mass is 9.78. The molecule has 0 aliphatic heterocycles. The summed E-state index contributed by atoms with van der Waals surface area (Å²) in [5, 5.41) is 3.43. The van der Waals surface area contributed by atoms with Crippen molar-refractivity contribution in [1.29, 1.82) is 0 Å². The average molecular weight is 226 g/mol. The van der Waals surface area contributed by atoms with Crippen molar-refractivity contribution in [3.8, 4) is 0 Å². The molecule has 1 aliphatic rings. The van der Waals surface area contributed by atoms with Crippen LogP contribution in [0, 0.1) is 0 Å². The van der Waals surface area contributed by atoms with Crippen molar-refractivity contribution in [2.24, 2.45) is 0 Å². The highest BCUT2D eigenvalue weighted by Crippen LogP contribution is 2.35. The number of nitrogens with one attached hydrogen (secondary N) is 1. The number of aromatic nitrogens is 2. The summed E-state index contributed by atoms with van der Waals surface area (Å²) >= 11 is 5.98. The predicted octanol–water partition coefficient (Wildman–Crippen LogP) is 2.61. The topological polar surface area (TPSA) is 37.8 Å². The third-order valence-electron chi connectivity index (χ3n) is 3.05. The molecule has 1 aromatic rings. The molecule has 4 heteroatoms. The average Bonchev–Trinajstić information content (AvgIpc) is 2.24. The summed E-state index contributed by atoms with van der Waals surface area (Å²) in [6, 6.07) is 2.01. The normalized spacial score (nSPS) is 18.3. The van der Waals surface area contributed by atoms with Gasteiger partial charge in [0.25, 0.3) is 0 Å². The number of anilines is 1. The summed E-state index contributed by atoms with van der Waals surface area (Å²) in [6.45, 7) is 2.09. The van der Waals surface area contributed by atoms with Gasteiger partial charge in [0.2, 0.25) is 0 Å². The van der Waals surface area contributed by atoms with Gasteiger partial charge in [-0.05, 0) is 25.7 Å². The fourth-order valence-electron chi connectivity index (χ4n) is 1.83. The van der Waals surface area contributed by atoms with E-state index in [1.54, 1.807) is 6.33 Å². The first kappa shape index (κ1) is 10.7. The van der Waals surface area contributed by atoms with Gasteiger partial charge in [-0.15, -0.1) is 11.6 Å². The summed E-state index contributed by atoms with van der Waals surface area (Å²) in [5.41, 5.74) is 1.15. The summed E-state index contributed by atoms with van der Waals surface area (Å²) < 4.78 is 0. The van der Waals surface area contributed by atoms with Crippen LogP contribution in [0.25, 0.3) is 0 Å². The van der Waals surface area contributed by atoms with E-state index in [1.165, 1.54) is 6.42 Å². The van der Waals surface area contributed by atoms with E-state index in [1.807, 2.05) is 6.07 Å². The molecule has 2 rings (SSSR count). The number of hydrogen-bond acceptors (Lipinski definition) is 3. The Hall–Kier alpha value is -0.830. The van der Waals surface area contributed by atoms with Crippen LogP contribution in [0.3, 0.4) is 0 Å². The standard InChI is InChI=1S/C11H16ClN3/c1-2-9-6-10(14-8-13-9)15-11(7-12)4-3-5-11/h6,8H,2-5,7H2,1H3,(H,13,14,15). The Morgan fingerprint density at radius 1 is 1.47 bits per heavy atom. The Morgan fingerprint density at radius 2 is 2.27 bits per heavy atom. The SMILES string of the molecule is CCc1cc(NC2(CCl)CCC2)ncn1. The minimum absolute atomic E-state index is 0.0842. The quantitative estimate of drug-likeness (QED) is 0.801. The Bertz CT molecular complexity index is 331. The van der Waals surface area contributed by atoms with E-state index in [-0.39, 0.29) is 5.54 Å². The molecular weight excluding hydrogens is 210 g/mol. The highest BCUT2D eigenvalue weighted by Gasteiger charge is 2.36. The lowest BCUT2D eigenvalue weighted by Crippen LogP contribution is -2.47. The molecule has 0 aromatic carbocycles. The van der Waals surface area contributed by atoms with Crippen molar-refractivity contribution in [2.75, 3.05) is 11.2 Å². The van der Waals surface area contributed by atoms with Crippen LogP contribution in [0.2, 0.25) is 0 Å². The van der Waals surface area contributed by atoms with Gasteiger partial charge in [-0.3, -0.25) is 0 Å². The van der Waals surface area contributed by atoms with Crippen LogP contribution in [0.1, 0.15) is 31.9 Å². The molecule has 0 radical (unpaired) electrons. The molecule has 1 saturated carbocycles. The molecule has 0 saturated heterocycles. The van der Waals surface area contributed by atoms with E-state index in [9.17, 15) is 0 Å². The van der Waals surface area contributed by atoms with E-state index in [0.717, 1.165) is 30.8 Å². The Morgan fingerprint density at radius 3 is 2.80 bits per heavy atom. The molecule has 1 N–H and O–H groups in total. The number of aryl methyl sites for hydroxylation is 1. The van der Waals surface area contributed by atoms with Gasteiger partial charge in [-0.2, -0.15) is 0 Å². The van der Waals surface area contributed by atoms with Gasteiger partial charge in [0.15, 0.2) is 0 Å². The highest BCUT2D eigenvalue weighted by atomic mass is 35.5. The van der Waals surface area contributed by atoms with E-state index in [2.05, 4.69) is 22.2 Å². The van der Waals surface area contributed by atoms with Gasteiger partial charge in [0, 0.05) is 17.6 Å². The van der Waals surface area contributed by atoms with Gasteiger partial charge >= 0.3 is 0 Å². The highest BCUT2D eigenvalue weighted by molar-refractivity contribution is 6.19. The maximum Gasteiger partial charge on any atom is 0.130 e. The second-order valence-electron chi connectivity index (χ2n) is 4.14. The van der Waals surface area contributed by atoms with Crippen LogP contribution < -0.4 is 5.32 Å². The van der Waals surface area contributed by atoms with Crippen molar-refractivity contribution in [3.63, 3.8) is 0 Å². The molecule has 1 aromatic heterocycles. The molecule has 0 spiro atoms. The zero-order chi connectivity index (χ0) is 10.7. The van der Waals surface area contributed by atoms with Crippen molar-refractivity contribution >= 4 is 17.4 Å². The summed E-state index contributed by atoms with van der Waals surface area (Å²) in [6.07, 6.45) is 6.09. The van der Waals surface area contributed by atoms with Gasteiger partial charge in [-0.1, -0.05) is 6.92 Å². The van der Waals surface area contributed by atoms with Gasteiger partial charge in [-0.25, -0.2) is 9.97 Å². The molecule has 15 heavy (non-hydrogen) atoms. The molecule has 0 unspecified atom stereocenters. The number of hydrogen-bond donors (Lipinski definition) is 1. The van der Waals surface area contributed by atoms with Crippen LogP contribution in [0.15, 0.2) is 12.4 Å². The summed E-state index contributed by atoms with van der Waals surface area (Å²) in [4.78, 5) is 8.39. The van der Waals surface area contributed by atoms with Crippen molar-refractivity contribution in [2.45, 2.75) is 38.1 Å². The Labute approximate surface area is 95.3 Å². The first-order valence-corrected chi connectivity index (χ1v) is 5.96. The molecule has 1 fully saturated rings. The zero-order valence-corrected chi connectivity index (χ0v) is 9.72. The van der Waals surface area contributed by atoms with Crippen LogP contribution in [-0.2, 0) is 6.42 Å². The maximum atomic E-state index is 5.98. The maximum absolute atomic E-state index is 5.98. The monoisotopic (exact) mass is 225 g/mol. The van der Waals surface area contributed by atoms with Crippen molar-refractivity contribution in [1.82, 2.24) is 9.97 Å². The minimum atomic E-state index is 0.0842. The molecular formula is C11H16ClN3. The van der Waals surface area contributed by atoms with E-state index < -0.39 is 0 Å². The van der Waals surface area contributed by atoms with Gasteiger partial charge in [0.05, 0.1) is 5.54 Å². The van der Waals surface area contributed by atoms with Gasteiger partial charge in [0.1, 0.15) is 12.1 Å². The summed E-state index contributed by atoms with van der Waals surface area (Å²) in [7, 11) is 0. The molecule has 3 nitrogen and oxygen atoms in total. The van der Waals surface area contributed by atoms with E-state index in [4.69, 9.17) is 11.6 Å². The lowest BCUT2D eigenvalue weighted by Gasteiger charge is -2.41. The Balaban J connectivity index is 2.09. The summed E-state index contributed by atoms with van der Waals surface area (Å²) in [5.74, 6) is 1.56. The number of rotatable bonds is 4. The van der Waals surface area contributed by atoms with Gasteiger partial charge < -0.3 is 5.32 Å². The molecule has 82 valence electrons. The second-order valence-corrected chi connectivity index (χ2v) is 4.41. The molecule has 1 heterocycles. The van der Waals surface area contributed by atoms with Crippen LogP contribution >= 0.6 is 11.6 Å². The van der Waals surface area contributed by atoms with Crippen molar-refractivity contribution < 1.29 is 0 Å². The predicted molar refractivity (Wildman–Crippen MR) is 62.3 cm³/mol. The van der Waals surface area contributed by atoms with Crippen molar-refractivity contribution in [3.05, 3.63) is 18.1 Å². The third-order valence-corrected chi connectivity index (χ3v) is 3.56. The smallest absolute Gasteiger partial charge is 0.130 e. The van der Waals surface area contributed by atoms with Crippen LogP contribution in [-0.4, -0.2) is 21.4 Å². The zero-order valence-electron chi connectivity index (χ0n) is 8.96. The molecule has 1 aliphatic carbocycles. The fourth-order valence-corrected chi connectivity index (χ4v) is 2.16. The lowest BCUT2D eigenvalue weighted by molar-refractivity contribution is 0.310.